The number of imide groups is 1. The van der Waals surface area contributed by atoms with Gasteiger partial charge in [0.15, 0.2) is 12.3 Å². The van der Waals surface area contributed by atoms with Gasteiger partial charge in [0, 0.05) is 95.2 Å². The number of nitrogens with two attached hydrogens (primary N) is 1. The lowest BCUT2D eigenvalue weighted by Crippen LogP contribution is -2.62. The molecule has 2 aromatic carbocycles. The van der Waals surface area contributed by atoms with Gasteiger partial charge in [-0.3, -0.25) is 62.4 Å². The third-order valence-electron chi connectivity index (χ3n) is 15.8. The Morgan fingerprint density at radius 3 is 2.30 bits per heavy atom. The number of halogens is 1. The molecule has 5 aliphatic rings. The summed E-state index contributed by atoms with van der Waals surface area (Å²) in [7, 11) is 0. The second kappa shape index (κ2) is 30.5. The van der Waals surface area contributed by atoms with Gasteiger partial charge < -0.3 is 91.9 Å². The fraction of sp³-hybridized carbons (Fsp3) is 0.509. The Hall–Kier alpha value is -8.21. The van der Waals surface area contributed by atoms with E-state index in [-0.39, 0.29) is 79.1 Å². The van der Waals surface area contributed by atoms with Gasteiger partial charge in [0.05, 0.1) is 57.1 Å². The normalized spacial score (nSPS) is 26.5. The van der Waals surface area contributed by atoms with E-state index in [1.165, 1.54) is 25.1 Å². The highest BCUT2D eigenvalue weighted by Crippen LogP contribution is 2.38. The number of hydrogen-bond acceptors (Lipinski definition) is 19. The van der Waals surface area contributed by atoms with Crippen molar-refractivity contribution in [2.45, 2.75) is 113 Å². The highest BCUT2D eigenvalue weighted by atomic mass is 79.9. The number of aliphatic hydroxyl groups excluding tert-OH is 1. The number of nitrogens with one attached hydrogen (secondary N) is 9. The number of aromatic amines is 1. The lowest BCUT2D eigenvalue weighted by molar-refractivity contribution is -0.144. The summed E-state index contributed by atoms with van der Waals surface area (Å²) < 4.78 is 39.6. The van der Waals surface area contributed by atoms with Crippen molar-refractivity contribution in [3.63, 3.8) is 0 Å². The number of fused-ring (bicyclic) bond motifs is 5. The van der Waals surface area contributed by atoms with Crippen LogP contribution in [0.2, 0.25) is 0 Å². The lowest BCUT2D eigenvalue weighted by Gasteiger charge is -2.33. The van der Waals surface area contributed by atoms with Crippen LogP contribution in [0.15, 0.2) is 58.0 Å². The number of benzene rings is 2. The molecule has 8 rings (SSSR count). The Kier molecular flexibility index (Phi) is 23.0. The Morgan fingerprint density at radius 1 is 0.856 bits per heavy atom. The topological polar surface area (TPSA) is 450 Å². The number of carbonyl (C=O) groups excluding carboxylic acids is 12. The smallest absolute Gasteiger partial charge is 0.253 e. The van der Waals surface area contributed by atoms with Gasteiger partial charge in [0.2, 0.25) is 64.1 Å². The third-order valence-corrected chi connectivity index (χ3v) is 17.9. The number of nitrogens with zero attached hydrogens (tertiary/aromatic N) is 2. The molecule has 0 spiro atoms. The number of aromatic hydroxyl groups is 1. The minimum Gasteiger partial charge on any atom is -0.610 e. The number of aliphatic hydroxyl groups is 1. The van der Waals surface area contributed by atoms with Crippen LogP contribution in [-0.4, -0.2) is 214 Å². The van der Waals surface area contributed by atoms with E-state index < -0.39 is 187 Å². The summed E-state index contributed by atoms with van der Waals surface area (Å²) in [5, 5.41) is 42.1. The summed E-state index contributed by atoms with van der Waals surface area (Å²) in [5.41, 5.74) is 6.30. The van der Waals surface area contributed by atoms with Gasteiger partial charge in [0.25, 0.3) is 11.8 Å². The quantitative estimate of drug-likeness (QED) is 0.0353. The van der Waals surface area contributed by atoms with E-state index in [2.05, 4.69) is 63.4 Å². The molecule has 12 amide bonds. The molecule has 12 atom stereocenters. The Bertz CT molecular complexity index is 3300. The molecule has 0 aliphatic carbocycles. The molecule has 1 aromatic heterocycles. The van der Waals surface area contributed by atoms with Crippen LogP contribution >= 0.6 is 15.9 Å². The van der Waals surface area contributed by atoms with Crippen molar-refractivity contribution in [1.29, 1.82) is 0 Å². The average molecular weight is 1340 g/mol. The van der Waals surface area contributed by atoms with Gasteiger partial charge in [-0.2, -0.15) is 0 Å². The monoisotopic (exact) mass is 1340 g/mol. The van der Waals surface area contributed by atoms with Crippen molar-refractivity contribution in [3.8, 4) is 11.5 Å². The maximum Gasteiger partial charge on any atom is 0.253 e. The first-order valence-corrected chi connectivity index (χ1v) is 31.1. The lowest BCUT2D eigenvalue weighted by atomic mass is 9.93. The van der Waals surface area contributed by atoms with Gasteiger partial charge in [-0.25, -0.2) is 0 Å². The number of amides is 12. The number of phenols is 1. The van der Waals surface area contributed by atoms with Crippen LogP contribution in [0.5, 0.6) is 11.5 Å². The number of hydrogen-bond donors (Lipinski definition) is 12. The van der Waals surface area contributed by atoms with Gasteiger partial charge in [0.1, 0.15) is 54.1 Å². The molecular weight excluding hydrogens is 1270 g/mol. The molecule has 13 N–H and O–H groups in total. The summed E-state index contributed by atoms with van der Waals surface area (Å²) in [6.07, 6.45) is -2.82. The van der Waals surface area contributed by atoms with Crippen molar-refractivity contribution in [3.05, 3.63) is 64.1 Å². The molecule has 6 unspecified atom stereocenters. The molecule has 486 valence electrons. The predicted octanol–water partition coefficient (Wildman–Crippen LogP) is -3.57. The summed E-state index contributed by atoms with van der Waals surface area (Å²) in [4.78, 5) is 168. The zero-order chi connectivity index (χ0) is 65.1. The van der Waals surface area contributed by atoms with Crippen LogP contribution in [0.4, 0.5) is 0 Å². The zero-order valence-electron chi connectivity index (χ0n) is 49.2. The fourth-order valence-corrected chi connectivity index (χ4v) is 12.5. The van der Waals surface area contributed by atoms with Gasteiger partial charge >= 0.3 is 0 Å². The molecule has 90 heavy (non-hydrogen) atoms. The fourth-order valence-electron chi connectivity index (χ4n) is 10.7. The van der Waals surface area contributed by atoms with Crippen LogP contribution < -0.4 is 53.0 Å². The van der Waals surface area contributed by atoms with Crippen molar-refractivity contribution >= 4 is 109 Å². The maximum absolute atomic E-state index is 15.3. The van der Waals surface area contributed by atoms with E-state index >= 15 is 4.79 Å². The first-order chi connectivity index (χ1) is 42.9. The van der Waals surface area contributed by atoms with Crippen molar-refractivity contribution in [1.82, 2.24) is 57.3 Å². The Balaban J connectivity index is 1.08. The molecule has 6 heterocycles. The molecular formula is C57H71BrN12O19S. The summed E-state index contributed by atoms with van der Waals surface area (Å²) >= 11 is 1.11. The standard InChI is InChI=1S/C57H71BrN12O19S/c1-4-27(2)48-53(82)62-22-44(75)63-39-26-90(85)55-33(32-7-5-29(71)17-36(32)66-55)20-37(50(79)61-23-45(76)67-48)64-54(83)49(68-52(81)40-18-30(72)24-70(40)56(84)38(21-42(59)73)65-51(39)80)28(3)41-25-88-57(89-41)34-19-31(6-8-35(34)58)87-16-15-86-14-12-60-43(74)11-13-69-46(77)9-10-47(69)78/h5-10,17,19,27-28,30,37-41,48-49,57,66,71-72H,4,11-16,18,20-26H2,1-3H3,(H2,59,73)(H,60,74)(H,61,79)(H,62,82)(H,63,75)(H,64,83)(H,65,80)(H,67,76)(H,68,81)/t27-,28-,30?,37?,38?,39?,40?,41-,48-,49-,57?,90+/m0/s1. The molecule has 2 fully saturated rings. The molecule has 0 radical (unpaired) electrons. The minimum absolute atomic E-state index is 0.0606. The highest BCUT2D eigenvalue weighted by molar-refractivity contribution is 9.10. The van der Waals surface area contributed by atoms with Crippen LogP contribution in [0.1, 0.15) is 63.9 Å². The largest absolute Gasteiger partial charge is 0.610 e. The van der Waals surface area contributed by atoms with Crippen LogP contribution in [0.3, 0.4) is 0 Å². The van der Waals surface area contributed by atoms with Crippen LogP contribution in [0, 0.1) is 11.8 Å². The van der Waals surface area contributed by atoms with Crippen molar-refractivity contribution < 1.29 is 91.2 Å². The molecule has 2 bridgehead atoms. The number of primary amides is 1. The molecule has 0 saturated carbocycles. The minimum atomic E-state index is -2.42. The zero-order valence-corrected chi connectivity index (χ0v) is 51.6. The van der Waals surface area contributed by atoms with Gasteiger partial charge in [-0.15, -0.1) is 0 Å². The number of aromatic nitrogens is 1. The van der Waals surface area contributed by atoms with Gasteiger partial charge in [-0.1, -0.05) is 43.1 Å². The number of ether oxygens (including phenoxy) is 4. The third kappa shape index (κ3) is 17.0. The first kappa shape index (κ1) is 67.7. The average Bonchev–Trinajstić information content (AvgIpc) is 1.86. The Morgan fingerprint density at radius 2 is 1.58 bits per heavy atom. The summed E-state index contributed by atoms with van der Waals surface area (Å²) in [5.74, 6) is -12.8. The Labute approximate surface area is 526 Å². The number of carbonyl (C=O) groups is 12. The molecule has 3 aromatic rings. The second-order valence-corrected chi connectivity index (χ2v) is 24.4. The summed E-state index contributed by atoms with van der Waals surface area (Å²) in [6.45, 7) is 3.04. The number of rotatable bonds is 17. The molecule has 2 saturated heterocycles. The van der Waals surface area contributed by atoms with E-state index in [0.717, 1.165) is 22.0 Å². The van der Waals surface area contributed by atoms with Crippen molar-refractivity contribution in [2.75, 3.05) is 64.9 Å². The number of phenolic OH excluding ortho intramolecular Hbond substituents is 1. The van der Waals surface area contributed by atoms with Crippen LogP contribution in [-0.2, 0) is 89.3 Å². The molecule has 33 heteroatoms. The van der Waals surface area contributed by atoms with Gasteiger partial charge in [-0.05, 0) is 36.2 Å². The molecule has 5 aliphatic heterocycles. The van der Waals surface area contributed by atoms with E-state index in [9.17, 15) is 67.5 Å². The SMILES string of the molecule is CC[C@H](C)[C@@H]1NC(=O)CNC(=O)C2Cc3c([nH]c4cc(O)ccc34)[S@+]([O-])CC(NC(=O)CNC1=O)C(=O)NC(CC(N)=O)C(=O)N1CC(O)CC1C(=O)N[C@@H]([C@@H](C)[C@@H]1COC(c3cc(OCCOCCNC(=O)CCN4C(=O)C=CC4=O)ccc3Br)O1)C(=O)N2. The van der Waals surface area contributed by atoms with Crippen LogP contribution in [0.25, 0.3) is 10.9 Å². The first-order valence-electron chi connectivity index (χ1n) is 29.0. The second-order valence-electron chi connectivity index (χ2n) is 22.1. The number of H-pyrrole nitrogens is 1. The summed E-state index contributed by atoms with van der Waals surface area (Å²) in [6, 6.07) is -1.03. The molecule has 31 nitrogen and oxygen atoms in total. The van der Waals surface area contributed by atoms with E-state index in [1.54, 1.807) is 32.0 Å². The van der Waals surface area contributed by atoms with Crippen molar-refractivity contribution in [2.24, 2.45) is 17.6 Å². The van der Waals surface area contributed by atoms with E-state index in [4.69, 9.17) is 24.7 Å². The highest BCUT2D eigenvalue weighted by Gasteiger charge is 2.47. The predicted molar refractivity (Wildman–Crippen MR) is 317 cm³/mol. The van der Waals surface area contributed by atoms with E-state index in [1.807, 2.05) is 0 Å². The van der Waals surface area contributed by atoms with E-state index in [0.29, 0.717) is 22.2 Å². The maximum atomic E-state index is 15.3.